The fraction of sp³-hybridized carbons (Fsp3) is 0. The lowest BCUT2D eigenvalue weighted by molar-refractivity contribution is 1.17. The second kappa shape index (κ2) is 12.9. The Kier molecular flexibility index (Phi) is 7.20. The highest BCUT2D eigenvalue weighted by Crippen LogP contribution is 2.41. The standard InChI is InChI=1S/C54H34N4/c1-3-15-36(16-4-1)53-44-23-9-11-24-47(44)55-54(56-53)39-17-13-20-41(32-39)58-48-25-12-10-22-43(48)45-33-37(27-29-49(45)58)38-28-30-50-46(34-38)52-42-21-8-7-14-35(42)26-31-51(52)57(50)40-18-5-2-6-19-40/h1-34H. The summed E-state index contributed by atoms with van der Waals surface area (Å²) in [6.45, 7) is 0. The summed E-state index contributed by atoms with van der Waals surface area (Å²) < 4.78 is 4.77. The zero-order chi connectivity index (χ0) is 38.2. The first kappa shape index (κ1) is 32.4. The van der Waals surface area contributed by atoms with Gasteiger partial charge in [0, 0.05) is 49.4 Å². The molecular formula is C54H34N4. The molecule has 3 heterocycles. The molecular weight excluding hydrogens is 705 g/mol. The van der Waals surface area contributed by atoms with E-state index in [2.05, 4.69) is 203 Å². The van der Waals surface area contributed by atoms with Crippen molar-refractivity contribution in [1.82, 2.24) is 19.1 Å². The van der Waals surface area contributed by atoms with E-state index in [0.29, 0.717) is 5.82 Å². The molecule has 0 unspecified atom stereocenters. The van der Waals surface area contributed by atoms with Crippen LogP contribution in [0, 0.1) is 0 Å². The third-order valence-electron chi connectivity index (χ3n) is 11.7. The maximum absolute atomic E-state index is 5.19. The van der Waals surface area contributed by atoms with Crippen LogP contribution < -0.4 is 0 Å². The molecule has 12 rings (SSSR count). The predicted octanol–water partition coefficient (Wildman–Crippen LogP) is 14.0. The highest BCUT2D eigenvalue weighted by Gasteiger charge is 2.18. The van der Waals surface area contributed by atoms with E-state index < -0.39 is 0 Å². The molecule has 0 radical (unpaired) electrons. The molecule has 0 spiro atoms. The minimum absolute atomic E-state index is 0.708. The van der Waals surface area contributed by atoms with Gasteiger partial charge in [-0.1, -0.05) is 140 Å². The van der Waals surface area contributed by atoms with E-state index in [1.165, 1.54) is 54.5 Å². The zero-order valence-corrected chi connectivity index (χ0v) is 31.4. The summed E-state index contributed by atoms with van der Waals surface area (Å²) in [6.07, 6.45) is 0. The SMILES string of the molecule is c1ccc(-c2nc(-c3cccc(-n4c5ccccc5c5cc(-c6ccc7c(c6)c6c8ccccc8ccc6n7-c6ccccc6)ccc54)c3)nc3ccccc23)cc1. The molecule has 0 saturated heterocycles. The normalized spacial score (nSPS) is 11.8. The van der Waals surface area contributed by atoms with Crippen LogP contribution in [0.3, 0.4) is 0 Å². The Morgan fingerprint density at radius 1 is 0.310 bits per heavy atom. The van der Waals surface area contributed by atoms with E-state index in [1.807, 2.05) is 12.1 Å². The Morgan fingerprint density at radius 3 is 1.72 bits per heavy atom. The van der Waals surface area contributed by atoms with Crippen molar-refractivity contribution >= 4 is 65.3 Å². The van der Waals surface area contributed by atoms with Crippen LogP contribution in [0.2, 0.25) is 0 Å². The smallest absolute Gasteiger partial charge is 0.160 e. The van der Waals surface area contributed by atoms with Crippen molar-refractivity contribution in [3.8, 4) is 45.1 Å². The van der Waals surface area contributed by atoms with Crippen molar-refractivity contribution in [3.63, 3.8) is 0 Å². The Hall–Kier alpha value is -7.82. The van der Waals surface area contributed by atoms with Crippen molar-refractivity contribution < 1.29 is 0 Å². The van der Waals surface area contributed by atoms with Gasteiger partial charge in [-0.2, -0.15) is 0 Å². The van der Waals surface area contributed by atoms with Crippen LogP contribution in [-0.2, 0) is 0 Å². The first-order chi connectivity index (χ1) is 28.8. The molecule has 0 bridgehead atoms. The fourth-order valence-corrected chi connectivity index (χ4v) is 9.06. The quantitative estimate of drug-likeness (QED) is 0.176. The summed E-state index contributed by atoms with van der Waals surface area (Å²) in [5.41, 5.74) is 13.2. The van der Waals surface area contributed by atoms with E-state index in [-0.39, 0.29) is 0 Å². The summed E-state index contributed by atoms with van der Waals surface area (Å²) in [6, 6.07) is 73.8. The third-order valence-corrected chi connectivity index (χ3v) is 11.7. The number of aromatic nitrogens is 4. The average molecular weight is 739 g/mol. The summed E-state index contributed by atoms with van der Waals surface area (Å²) >= 11 is 0. The summed E-state index contributed by atoms with van der Waals surface area (Å²) in [4.78, 5) is 10.3. The number of hydrogen-bond acceptors (Lipinski definition) is 2. The van der Waals surface area contributed by atoms with Crippen molar-refractivity contribution in [2.24, 2.45) is 0 Å². The van der Waals surface area contributed by atoms with Gasteiger partial charge in [0.25, 0.3) is 0 Å². The van der Waals surface area contributed by atoms with Gasteiger partial charge in [-0.3, -0.25) is 0 Å². The van der Waals surface area contributed by atoms with Crippen molar-refractivity contribution in [2.45, 2.75) is 0 Å². The minimum Gasteiger partial charge on any atom is -0.309 e. The van der Waals surface area contributed by atoms with Crippen molar-refractivity contribution in [2.75, 3.05) is 0 Å². The predicted molar refractivity (Wildman–Crippen MR) is 242 cm³/mol. The molecule has 0 aliphatic heterocycles. The van der Waals surface area contributed by atoms with E-state index in [1.54, 1.807) is 0 Å². The maximum Gasteiger partial charge on any atom is 0.160 e. The Balaban J connectivity index is 1.02. The van der Waals surface area contributed by atoms with Crippen molar-refractivity contribution in [1.29, 1.82) is 0 Å². The molecule has 0 atom stereocenters. The van der Waals surface area contributed by atoms with Crippen LogP contribution in [0.25, 0.3) is 110 Å². The van der Waals surface area contributed by atoms with Crippen LogP contribution in [0.4, 0.5) is 0 Å². The molecule has 4 heteroatoms. The fourth-order valence-electron chi connectivity index (χ4n) is 9.06. The molecule has 0 amide bonds. The minimum atomic E-state index is 0.708. The van der Waals surface area contributed by atoms with Gasteiger partial charge in [-0.25, -0.2) is 9.97 Å². The van der Waals surface area contributed by atoms with Gasteiger partial charge in [-0.05, 0) is 88.6 Å². The molecule has 0 saturated carbocycles. The van der Waals surface area contributed by atoms with Gasteiger partial charge in [0.2, 0.25) is 0 Å². The molecule has 12 aromatic rings. The maximum atomic E-state index is 5.19. The number of benzene rings is 9. The third kappa shape index (κ3) is 5.02. The lowest BCUT2D eigenvalue weighted by Crippen LogP contribution is -1.97. The van der Waals surface area contributed by atoms with Crippen LogP contribution in [-0.4, -0.2) is 19.1 Å². The van der Waals surface area contributed by atoms with Gasteiger partial charge in [0.05, 0.1) is 33.3 Å². The Labute approximate surface area is 334 Å². The average Bonchev–Trinajstić information content (AvgIpc) is 3.82. The topological polar surface area (TPSA) is 35.6 Å². The summed E-state index contributed by atoms with van der Waals surface area (Å²) in [5, 5.41) is 8.51. The number of para-hydroxylation sites is 3. The number of fused-ring (bicyclic) bond motifs is 9. The van der Waals surface area contributed by atoms with Crippen LogP contribution >= 0.6 is 0 Å². The zero-order valence-electron chi connectivity index (χ0n) is 31.4. The molecule has 3 aromatic heterocycles. The number of hydrogen-bond donors (Lipinski definition) is 0. The van der Waals surface area contributed by atoms with Gasteiger partial charge in [0.1, 0.15) is 0 Å². The van der Waals surface area contributed by atoms with Crippen LogP contribution in [0.15, 0.2) is 206 Å². The lowest BCUT2D eigenvalue weighted by atomic mass is 9.99. The lowest BCUT2D eigenvalue weighted by Gasteiger charge is -2.12. The molecule has 0 fully saturated rings. The first-order valence-electron chi connectivity index (χ1n) is 19.7. The molecule has 0 N–H and O–H groups in total. The number of nitrogens with zero attached hydrogens (tertiary/aromatic N) is 4. The van der Waals surface area contributed by atoms with Gasteiger partial charge in [0.15, 0.2) is 5.82 Å². The highest BCUT2D eigenvalue weighted by atomic mass is 15.0. The Bertz CT molecular complexity index is 3560. The molecule has 0 aliphatic carbocycles. The second-order valence-electron chi connectivity index (χ2n) is 15.0. The summed E-state index contributed by atoms with van der Waals surface area (Å²) in [7, 11) is 0. The largest absolute Gasteiger partial charge is 0.309 e. The van der Waals surface area contributed by atoms with E-state index in [9.17, 15) is 0 Å². The molecule has 0 aliphatic rings. The first-order valence-corrected chi connectivity index (χ1v) is 19.7. The van der Waals surface area contributed by atoms with Crippen LogP contribution in [0.5, 0.6) is 0 Å². The van der Waals surface area contributed by atoms with E-state index in [4.69, 9.17) is 9.97 Å². The van der Waals surface area contributed by atoms with Crippen LogP contribution in [0.1, 0.15) is 0 Å². The molecule has 9 aromatic carbocycles. The van der Waals surface area contributed by atoms with E-state index in [0.717, 1.165) is 50.1 Å². The molecule has 270 valence electrons. The van der Waals surface area contributed by atoms with Gasteiger partial charge in [-0.15, -0.1) is 0 Å². The molecule has 4 nitrogen and oxygen atoms in total. The van der Waals surface area contributed by atoms with E-state index >= 15 is 0 Å². The second-order valence-corrected chi connectivity index (χ2v) is 15.0. The number of rotatable bonds is 5. The van der Waals surface area contributed by atoms with Gasteiger partial charge >= 0.3 is 0 Å². The summed E-state index contributed by atoms with van der Waals surface area (Å²) in [5.74, 6) is 0.708. The molecule has 58 heavy (non-hydrogen) atoms. The van der Waals surface area contributed by atoms with Gasteiger partial charge < -0.3 is 9.13 Å². The Morgan fingerprint density at radius 2 is 0.897 bits per heavy atom. The van der Waals surface area contributed by atoms with Crippen molar-refractivity contribution in [3.05, 3.63) is 206 Å². The monoisotopic (exact) mass is 738 g/mol. The highest BCUT2D eigenvalue weighted by molar-refractivity contribution is 6.22.